The van der Waals surface area contributed by atoms with E-state index in [1.807, 2.05) is 19.1 Å². The van der Waals surface area contributed by atoms with Crippen LogP contribution in [-0.2, 0) is 4.74 Å². The molecule has 0 spiro atoms. The molecule has 3 aromatic heterocycles. The number of rotatable bonds is 2. The standard InChI is InChI=1S/C16H16ClN5O/c1-10-12(17)9-19-16-14(10)20-15(21-16)11-2-3-18-13(8-11)22-4-6-23-7-5-22/h2-3,8-9H,4-7H2,1H3,(H,19,20,21). The second-order valence-corrected chi connectivity index (χ2v) is 5.92. The van der Waals surface area contributed by atoms with Gasteiger partial charge < -0.3 is 14.6 Å². The van der Waals surface area contributed by atoms with Crippen molar-refractivity contribution in [3.63, 3.8) is 0 Å². The molecule has 3 aromatic rings. The van der Waals surface area contributed by atoms with Gasteiger partial charge in [-0.15, -0.1) is 0 Å². The average Bonchev–Trinajstić information content (AvgIpc) is 3.04. The summed E-state index contributed by atoms with van der Waals surface area (Å²) >= 11 is 6.13. The van der Waals surface area contributed by atoms with Crippen LogP contribution in [0.15, 0.2) is 24.5 Å². The SMILES string of the molecule is Cc1c(Cl)cnc2nc(-c3ccnc(N4CCOCC4)c3)[nH]c12. The molecule has 0 atom stereocenters. The molecule has 4 rings (SSSR count). The summed E-state index contributed by atoms with van der Waals surface area (Å²) in [4.78, 5) is 18.9. The maximum atomic E-state index is 6.13. The van der Waals surface area contributed by atoms with Crippen molar-refractivity contribution in [3.8, 4) is 11.4 Å². The number of pyridine rings is 2. The number of fused-ring (bicyclic) bond motifs is 1. The van der Waals surface area contributed by atoms with Crippen LogP contribution in [0.2, 0.25) is 5.02 Å². The highest BCUT2D eigenvalue weighted by atomic mass is 35.5. The number of nitrogens with zero attached hydrogens (tertiary/aromatic N) is 4. The van der Waals surface area contributed by atoms with Crippen LogP contribution >= 0.6 is 11.6 Å². The summed E-state index contributed by atoms with van der Waals surface area (Å²) in [5.74, 6) is 1.71. The molecule has 23 heavy (non-hydrogen) atoms. The lowest BCUT2D eigenvalue weighted by Crippen LogP contribution is -2.36. The lowest BCUT2D eigenvalue weighted by Gasteiger charge is -2.27. The Kier molecular flexibility index (Phi) is 3.63. The number of aryl methyl sites for hydroxylation is 1. The molecule has 7 heteroatoms. The second kappa shape index (κ2) is 5.79. The van der Waals surface area contributed by atoms with Crippen LogP contribution in [0, 0.1) is 6.92 Å². The van der Waals surface area contributed by atoms with E-state index in [-0.39, 0.29) is 0 Å². The number of ether oxygens (including phenoxy) is 1. The first-order valence-electron chi connectivity index (χ1n) is 7.52. The number of morpholine rings is 1. The van der Waals surface area contributed by atoms with Crippen LogP contribution in [0.25, 0.3) is 22.6 Å². The molecule has 118 valence electrons. The molecule has 0 radical (unpaired) electrons. The Morgan fingerprint density at radius 2 is 2.09 bits per heavy atom. The van der Waals surface area contributed by atoms with Gasteiger partial charge in [-0.05, 0) is 24.6 Å². The Labute approximate surface area is 138 Å². The summed E-state index contributed by atoms with van der Waals surface area (Å²) in [5, 5.41) is 0.636. The maximum Gasteiger partial charge on any atom is 0.178 e. The van der Waals surface area contributed by atoms with Gasteiger partial charge in [0.2, 0.25) is 0 Å². The number of imidazole rings is 1. The number of nitrogens with one attached hydrogen (secondary N) is 1. The van der Waals surface area contributed by atoms with Crippen LogP contribution in [0.1, 0.15) is 5.56 Å². The smallest absolute Gasteiger partial charge is 0.178 e. The molecule has 1 aliphatic heterocycles. The lowest BCUT2D eigenvalue weighted by molar-refractivity contribution is 0.122. The van der Waals surface area contributed by atoms with Crippen LogP contribution < -0.4 is 4.90 Å². The van der Waals surface area contributed by atoms with E-state index in [1.165, 1.54) is 0 Å². The maximum absolute atomic E-state index is 6.13. The van der Waals surface area contributed by atoms with Crippen molar-refractivity contribution in [2.75, 3.05) is 31.2 Å². The normalized spacial score (nSPS) is 15.3. The Balaban J connectivity index is 1.74. The van der Waals surface area contributed by atoms with Gasteiger partial charge >= 0.3 is 0 Å². The highest BCUT2D eigenvalue weighted by Crippen LogP contribution is 2.26. The van der Waals surface area contributed by atoms with E-state index in [2.05, 4.69) is 24.8 Å². The van der Waals surface area contributed by atoms with Gasteiger partial charge in [-0.1, -0.05) is 11.6 Å². The average molecular weight is 330 g/mol. The summed E-state index contributed by atoms with van der Waals surface area (Å²) in [6.07, 6.45) is 3.44. The van der Waals surface area contributed by atoms with E-state index in [1.54, 1.807) is 12.4 Å². The van der Waals surface area contributed by atoms with Crippen molar-refractivity contribution >= 4 is 28.6 Å². The van der Waals surface area contributed by atoms with Crippen LogP contribution in [0.5, 0.6) is 0 Å². The van der Waals surface area contributed by atoms with Gasteiger partial charge in [0.1, 0.15) is 11.6 Å². The first kappa shape index (κ1) is 14.4. The van der Waals surface area contributed by atoms with Gasteiger partial charge in [0.05, 0.1) is 23.8 Å². The summed E-state index contributed by atoms with van der Waals surface area (Å²) < 4.78 is 5.39. The van der Waals surface area contributed by atoms with Gasteiger partial charge in [-0.3, -0.25) is 0 Å². The third kappa shape index (κ3) is 2.64. The lowest BCUT2D eigenvalue weighted by atomic mass is 10.2. The third-order valence-corrected chi connectivity index (χ3v) is 4.45. The highest BCUT2D eigenvalue weighted by molar-refractivity contribution is 6.31. The fraction of sp³-hybridized carbons (Fsp3) is 0.312. The van der Waals surface area contributed by atoms with Crippen LogP contribution in [0.4, 0.5) is 5.82 Å². The minimum Gasteiger partial charge on any atom is -0.378 e. The molecular weight excluding hydrogens is 314 g/mol. The van der Waals surface area contributed by atoms with Crippen LogP contribution in [-0.4, -0.2) is 46.2 Å². The number of aromatic nitrogens is 4. The van der Waals surface area contributed by atoms with Crippen molar-refractivity contribution in [3.05, 3.63) is 35.1 Å². The van der Waals surface area contributed by atoms with Crippen molar-refractivity contribution in [1.29, 1.82) is 0 Å². The molecule has 1 saturated heterocycles. The molecule has 6 nitrogen and oxygen atoms in total. The first-order valence-corrected chi connectivity index (χ1v) is 7.90. The number of halogens is 1. The number of anilines is 1. The van der Waals surface area contributed by atoms with Crippen molar-refractivity contribution in [1.82, 2.24) is 19.9 Å². The van der Waals surface area contributed by atoms with Crippen LogP contribution in [0.3, 0.4) is 0 Å². The molecule has 1 N–H and O–H groups in total. The van der Waals surface area contributed by atoms with E-state index in [0.29, 0.717) is 10.7 Å². The van der Waals surface area contributed by atoms with Crippen molar-refractivity contribution < 1.29 is 4.74 Å². The summed E-state index contributed by atoms with van der Waals surface area (Å²) in [6, 6.07) is 3.98. The highest BCUT2D eigenvalue weighted by Gasteiger charge is 2.15. The summed E-state index contributed by atoms with van der Waals surface area (Å²) in [6.45, 7) is 5.13. The predicted molar refractivity (Wildman–Crippen MR) is 89.9 cm³/mol. The Bertz CT molecular complexity index is 857. The Morgan fingerprint density at radius 3 is 2.91 bits per heavy atom. The summed E-state index contributed by atoms with van der Waals surface area (Å²) in [5.41, 5.74) is 3.48. The molecule has 0 aromatic carbocycles. The number of hydrogen-bond donors (Lipinski definition) is 1. The fourth-order valence-corrected chi connectivity index (χ4v) is 2.86. The predicted octanol–water partition coefficient (Wildman–Crippen LogP) is 2.82. The van der Waals surface area contributed by atoms with E-state index in [0.717, 1.165) is 54.6 Å². The third-order valence-electron chi connectivity index (χ3n) is 4.07. The summed E-state index contributed by atoms with van der Waals surface area (Å²) in [7, 11) is 0. The minimum atomic E-state index is 0.636. The molecular formula is C16H16ClN5O. The molecule has 0 unspecified atom stereocenters. The molecule has 0 aliphatic carbocycles. The monoisotopic (exact) mass is 329 g/mol. The number of aromatic amines is 1. The number of H-pyrrole nitrogens is 1. The molecule has 0 amide bonds. The zero-order valence-corrected chi connectivity index (χ0v) is 13.5. The second-order valence-electron chi connectivity index (χ2n) is 5.52. The quantitative estimate of drug-likeness (QED) is 0.783. The molecule has 1 aliphatic rings. The van der Waals surface area contributed by atoms with Crippen molar-refractivity contribution in [2.24, 2.45) is 0 Å². The molecule has 1 fully saturated rings. The van der Waals surface area contributed by atoms with Gasteiger partial charge in [0.15, 0.2) is 5.65 Å². The Morgan fingerprint density at radius 1 is 1.26 bits per heavy atom. The zero-order chi connectivity index (χ0) is 15.8. The van der Waals surface area contributed by atoms with Crippen molar-refractivity contribution in [2.45, 2.75) is 6.92 Å². The first-order chi connectivity index (χ1) is 11.2. The largest absolute Gasteiger partial charge is 0.378 e. The van der Waals surface area contributed by atoms with E-state index in [4.69, 9.17) is 16.3 Å². The minimum absolute atomic E-state index is 0.636. The topological polar surface area (TPSA) is 66.9 Å². The Hall–Kier alpha value is -2.18. The van der Waals surface area contributed by atoms with E-state index >= 15 is 0 Å². The molecule has 0 bridgehead atoms. The fourth-order valence-electron chi connectivity index (χ4n) is 2.72. The van der Waals surface area contributed by atoms with Gasteiger partial charge in [0, 0.05) is 31.0 Å². The van der Waals surface area contributed by atoms with Gasteiger partial charge in [-0.25, -0.2) is 15.0 Å². The number of hydrogen-bond acceptors (Lipinski definition) is 5. The zero-order valence-electron chi connectivity index (χ0n) is 12.7. The van der Waals surface area contributed by atoms with Gasteiger partial charge in [0.25, 0.3) is 0 Å². The van der Waals surface area contributed by atoms with Gasteiger partial charge in [-0.2, -0.15) is 0 Å². The van der Waals surface area contributed by atoms with E-state index in [9.17, 15) is 0 Å². The molecule has 0 saturated carbocycles. The molecule has 4 heterocycles. The van der Waals surface area contributed by atoms with E-state index < -0.39 is 0 Å².